The number of rotatable bonds is 7. The van der Waals surface area contributed by atoms with Crippen LogP contribution in [0.15, 0.2) is 18.2 Å². The maximum Gasteiger partial charge on any atom is 0.244 e. The molecule has 0 fully saturated rings. The molecule has 0 radical (unpaired) electrons. The van der Waals surface area contributed by atoms with E-state index in [9.17, 15) is 9.59 Å². The van der Waals surface area contributed by atoms with Crippen molar-refractivity contribution in [2.75, 3.05) is 0 Å². The van der Waals surface area contributed by atoms with Gasteiger partial charge in [0.1, 0.15) is 0 Å². The summed E-state index contributed by atoms with van der Waals surface area (Å²) in [6.45, 7) is 8.53. The standard InChI is InChI=1S/C19H27N3O3/c1-11(2)7-15(9-18(23)22-25)19(24)20-10-14-5-6-17-16(8-14)12(3)13(4)21-17/h5-6,8,11,15,21,25H,7,9-10H2,1-4H3,(H,20,24)(H,22,23). The van der Waals surface area contributed by atoms with Crippen LogP contribution in [0.3, 0.4) is 0 Å². The second kappa shape index (κ2) is 8.16. The first-order valence-corrected chi connectivity index (χ1v) is 8.60. The van der Waals surface area contributed by atoms with Crippen molar-refractivity contribution in [1.82, 2.24) is 15.8 Å². The molecule has 0 aliphatic heterocycles. The highest BCUT2D eigenvalue weighted by Crippen LogP contribution is 2.22. The minimum atomic E-state index is -0.541. The Bertz CT molecular complexity index is 765. The molecule has 0 aliphatic rings. The van der Waals surface area contributed by atoms with Gasteiger partial charge >= 0.3 is 0 Å². The number of aromatic amines is 1. The molecule has 6 nitrogen and oxygen atoms in total. The van der Waals surface area contributed by atoms with Crippen LogP contribution in [0.4, 0.5) is 0 Å². The van der Waals surface area contributed by atoms with Crippen LogP contribution in [0.1, 0.15) is 43.5 Å². The molecule has 2 rings (SSSR count). The lowest BCUT2D eigenvalue weighted by Crippen LogP contribution is -2.34. The third-order valence-electron chi connectivity index (χ3n) is 4.52. The average Bonchev–Trinajstić information content (AvgIpc) is 2.85. The van der Waals surface area contributed by atoms with Crippen molar-refractivity contribution < 1.29 is 14.8 Å². The largest absolute Gasteiger partial charge is 0.358 e. The zero-order chi connectivity index (χ0) is 18.6. The number of fused-ring (bicyclic) bond motifs is 1. The van der Waals surface area contributed by atoms with Gasteiger partial charge in [-0.2, -0.15) is 0 Å². The van der Waals surface area contributed by atoms with Crippen LogP contribution in [-0.2, 0) is 16.1 Å². The van der Waals surface area contributed by atoms with Gasteiger partial charge in [0.15, 0.2) is 0 Å². The van der Waals surface area contributed by atoms with Gasteiger partial charge in [-0.3, -0.25) is 14.8 Å². The average molecular weight is 345 g/mol. The Kier molecular flexibility index (Phi) is 6.20. The van der Waals surface area contributed by atoms with Crippen molar-refractivity contribution in [1.29, 1.82) is 0 Å². The van der Waals surface area contributed by atoms with E-state index < -0.39 is 11.8 Å². The van der Waals surface area contributed by atoms with Crippen LogP contribution in [0.5, 0.6) is 0 Å². The van der Waals surface area contributed by atoms with E-state index >= 15 is 0 Å². The van der Waals surface area contributed by atoms with Crippen LogP contribution in [0.25, 0.3) is 10.9 Å². The Balaban J connectivity index is 2.05. The minimum absolute atomic E-state index is 0.0182. The lowest BCUT2D eigenvalue weighted by molar-refractivity contribution is -0.135. The van der Waals surface area contributed by atoms with Crippen LogP contribution in [0, 0.1) is 25.7 Å². The molecule has 1 heterocycles. The zero-order valence-electron chi connectivity index (χ0n) is 15.3. The molecule has 25 heavy (non-hydrogen) atoms. The summed E-state index contributed by atoms with van der Waals surface area (Å²) in [5, 5.41) is 12.8. The third kappa shape index (κ3) is 4.82. The van der Waals surface area contributed by atoms with Gasteiger partial charge in [0.25, 0.3) is 0 Å². The first-order valence-electron chi connectivity index (χ1n) is 8.60. The van der Waals surface area contributed by atoms with Crippen LogP contribution in [-0.4, -0.2) is 22.0 Å². The summed E-state index contributed by atoms with van der Waals surface area (Å²) in [5.74, 6) is -0.879. The quantitative estimate of drug-likeness (QED) is 0.459. The maximum absolute atomic E-state index is 12.5. The van der Waals surface area contributed by atoms with Crippen LogP contribution < -0.4 is 10.8 Å². The number of benzene rings is 1. The number of H-pyrrole nitrogens is 1. The fourth-order valence-electron chi connectivity index (χ4n) is 3.07. The summed E-state index contributed by atoms with van der Waals surface area (Å²) in [4.78, 5) is 27.2. The monoisotopic (exact) mass is 345 g/mol. The predicted octanol–water partition coefficient (Wildman–Crippen LogP) is 2.96. The van der Waals surface area contributed by atoms with Gasteiger partial charge < -0.3 is 10.3 Å². The van der Waals surface area contributed by atoms with Crippen molar-refractivity contribution in [3.63, 3.8) is 0 Å². The number of carbonyl (C=O) groups is 2. The van der Waals surface area contributed by atoms with Gasteiger partial charge in [-0.05, 0) is 49.4 Å². The molecule has 0 saturated carbocycles. The predicted molar refractivity (Wildman–Crippen MR) is 97.1 cm³/mol. The molecule has 1 aromatic carbocycles. The Morgan fingerprint density at radius 1 is 1.24 bits per heavy atom. The highest BCUT2D eigenvalue weighted by Gasteiger charge is 2.22. The van der Waals surface area contributed by atoms with E-state index in [0.717, 1.165) is 22.2 Å². The number of amides is 2. The molecule has 4 N–H and O–H groups in total. The van der Waals surface area contributed by atoms with Gasteiger partial charge in [0, 0.05) is 35.5 Å². The van der Waals surface area contributed by atoms with Crippen LogP contribution in [0.2, 0.25) is 0 Å². The number of aromatic nitrogens is 1. The molecule has 0 spiro atoms. The van der Waals surface area contributed by atoms with Crippen molar-refractivity contribution in [2.45, 2.75) is 47.1 Å². The normalized spacial score (nSPS) is 12.4. The van der Waals surface area contributed by atoms with E-state index in [0.29, 0.717) is 13.0 Å². The molecule has 2 amide bonds. The van der Waals surface area contributed by atoms with E-state index in [4.69, 9.17) is 5.21 Å². The fourth-order valence-corrected chi connectivity index (χ4v) is 3.07. The highest BCUT2D eigenvalue weighted by molar-refractivity contribution is 5.86. The van der Waals surface area contributed by atoms with Crippen molar-refractivity contribution in [2.24, 2.45) is 11.8 Å². The number of hydrogen-bond acceptors (Lipinski definition) is 3. The first-order chi connectivity index (χ1) is 11.8. The summed E-state index contributed by atoms with van der Waals surface area (Å²) in [6.07, 6.45) is 0.573. The zero-order valence-corrected chi connectivity index (χ0v) is 15.3. The third-order valence-corrected chi connectivity index (χ3v) is 4.52. The second-order valence-electron chi connectivity index (χ2n) is 7.04. The number of aryl methyl sites for hydroxylation is 2. The van der Waals surface area contributed by atoms with Crippen LogP contribution >= 0.6 is 0 Å². The molecule has 1 unspecified atom stereocenters. The van der Waals surface area contributed by atoms with Crippen molar-refractivity contribution in [3.8, 4) is 0 Å². The fraction of sp³-hybridized carbons (Fsp3) is 0.474. The lowest BCUT2D eigenvalue weighted by atomic mass is 9.93. The van der Waals surface area contributed by atoms with E-state index in [-0.39, 0.29) is 18.2 Å². The number of carbonyl (C=O) groups excluding carboxylic acids is 2. The van der Waals surface area contributed by atoms with E-state index in [1.165, 1.54) is 5.56 Å². The Morgan fingerprint density at radius 2 is 1.96 bits per heavy atom. The summed E-state index contributed by atoms with van der Waals surface area (Å²) in [6, 6.07) is 6.07. The Hall–Kier alpha value is -2.34. The first kappa shape index (κ1) is 19.0. The van der Waals surface area contributed by atoms with Gasteiger partial charge in [-0.25, -0.2) is 5.48 Å². The number of hydroxylamine groups is 1. The molecular formula is C19H27N3O3. The second-order valence-corrected chi connectivity index (χ2v) is 7.04. The lowest BCUT2D eigenvalue weighted by Gasteiger charge is -2.18. The molecule has 1 aromatic heterocycles. The van der Waals surface area contributed by atoms with Gasteiger partial charge in [-0.15, -0.1) is 0 Å². The molecule has 0 saturated heterocycles. The summed E-state index contributed by atoms with van der Waals surface area (Å²) < 4.78 is 0. The Morgan fingerprint density at radius 3 is 2.60 bits per heavy atom. The summed E-state index contributed by atoms with van der Waals surface area (Å²) in [5.41, 5.74) is 6.05. The minimum Gasteiger partial charge on any atom is -0.358 e. The molecule has 1 atom stereocenters. The van der Waals surface area contributed by atoms with Crippen molar-refractivity contribution >= 4 is 22.7 Å². The highest BCUT2D eigenvalue weighted by atomic mass is 16.5. The van der Waals surface area contributed by atoms with Gasteiger partial charge in [0.05, 0.1) is 0 Å². The molecule has 0 bridgehead atoms. The molecular weight excluding hydrogens is 318 g/mol. The van der Waals surface area contributed by atoms with Gasteiger partial charge in [-0.1, -0.05) is 19.9 Å². The topological polar surface area (TPSA) is 94.2 Å². The summed E-state index contributed by atoms with van der Waals surface area (Å²) in [7, 11) is 0. The maximum atomic E-state index is 12.5. The van der Waals surface area contributed by atoms with E-state index in [2.05, 4.69) is 23.3 Å². The molecule has 0 aliphatic carbocycles. The summed E-state index contributed by atoms with van der Waals surface area (Å²) >= 11 is 0. The van der Waals surface area contributed by atoms with Gasteiger partial charge in [0.2, 0.25) is 11.8 Å². The van der Waals surface area contributed by atoms with E-state index in [1.54, 1.807) is 5.48 Å². The van der Waals surface area contributed by atoms with E-state index in [1.807, 2.05) is 32.9 Å². The number of hydrogen-bond donors (Lipinski definition) is 4. The number of nitrogens with one attached hydrogen (secondary N) is 3. The smallest absolute Gasteiger partial charge is 0.244 e. The molecule has 6 heteroatoms. The molecule has 2 aromatic rings. The Labute approximate surface area is 148 Å². The SMILES string of the molecule is Cc1[nH]c2ccc(CNC(=O)C(CC(=O)NO)CC(C)C)cc2c1C. The molecule has 136 valence electrons. The van der Waals surface area contributed by atoms with Crippen molar-refractivity contribution in [3.05, 3.63) is 35.0 Å².